The third kappa shape index (κ3) is 4.69. The molecule has 1 aliphatic rings. The highest BCUT2D eigenvalue weighted by molar-refractivity contribution is 5.82. The first kappa shape index (κ1) is 17.3. The number of rotatable bonds is 3. The van der Waals surface area contributed by atoms with Gasteiger partial charge in [0.2, 0.25) is 0 Å². The summed E-state index contributed by atoms with van der Waals surface area (Å²) in [6.45, 7) is 6.83. The van der Waals surface area contributed by atoms with Gasteiger partial charge in [-0.1, -0.05) is 30.3 Å². The highest BCUT2D eigenvalue weighted by atomic mass is 16.6. The summed E-state index contributed by atoms with van der Waals surface area (Å²) in [6, 6.07) is 9.28. The molecule has 23 heavy (non-hydrogen) atoms. The van der Waals surface area contributed by atoms with Crippen LogP contribution in [0.25, 0.3) is 0 Å². The maximum absolute atomic E-state index is 12.4. The van der Waals surface area contributed by atoms with Crippen molar-refractivity contribution in [2.24, 2.45) is 0 Å². The van der Waals surface area contributed by atoms with Crippen LogP contribution in [-0.2, 0) is 20.8 Å². The predicted molar refractivity (Wildman–Crippen MR) is 85.6 cm³/mol. The number of carbonyl (C=O) groups excluding carboxylic acids is 2. The second-order valence-corrected chi connectivity index (χ2v) is 6.63. The Kier molecular flexibility index (Phi) is 5.26. The molecule has 0 bridgehead atoms. The van der Waals surface area contributed by atoms with Crippen molar-refractivity contribution in [3.8, 4) is 0 Å². The van der Waals surface area contributed by atoms with E-state index in [1.165, 1.54) is 12.0 Å². The normalized spacial score (nSPS) is 18.8. The zero-order chi connectivity index (χ0) is 17.0. The van der Waals surface area contributed by atoms with Gasteiger partial charge >= 0.3 is 12.1 Å². The van der Waals surface area contributed by atoms with Crippen LogP contribution in [0.3, 0.4) is 0 Å². The van der Waals surface area contributed by atoms with E-state index < -0.39 is 23.7 Å². The lowest BCUT2D eigenvalue weighted by Crippen LogP contribution is -2.44. The van der Waals surface area contributed by atoms with Gasteiger partial charge in [0.05, 0.1) is 13.8 Å². The van der Waals surface area contributed by atoms with Gasteiger partial charge in [-0.2, -0.15) is 0 Å². The third-order valence-corrected chi connectivity index (χ3v) is 3.51. The van der Waals surface area contributed by atoms with Gasteiger partial charge in [-0.05, 0) is 26.3 Å². The average Bonchev–Trinajstić information content (AvgIpc) is 2.90. The Hall–Kier alpha value is -2.08. The van der Waals surface area contributed by atoms with E-state index in [0.717, 1.165) is 5.56 Å². The molecular formula is C17H24N2O4. The van der Waals surface area contributed by atoms with Gasteiger partial charge in [-0.3, -0.25) is 9.80 Å². The summed E-state index contributed by atoms with van der Waals surface area (Å²) < 4.78 is 10.2. The molecule has 0 saturated carbocycles. The van der Waals surface area contributed by atoms with Crippen LogP contribution in [0.4, 0.5) is 4.79 Å². The molecule has 0 radical (unpaired) electrons. The van der Waals surface area contributed by atoms with Crippen LogP contribution in [0.1, 0.15) is 26.3 Å². The maximum Gasteiger partial charge on any atom is 0.412 e. The Morgan fingerprint density at radius 1 is 1.22 bits per heavy atom. The van der Waals surface area contributed by atoms with Gasteiger partial charge in [0.25, 0.3) is 0 Å². The van der Waals surface area contributed by atoms with E-state index in [0.29, 0.717) is 19.8 Å². The average molecular weight is 320 g/mol. The van der Waals surface area contributed by atoms with E-state index in [1.54, 1.807) is 20.8 Å². The minimum absolute atomic E-state index is 0.337. The second kappa shape index (κ2) is 7.00. The Bertz CT molecular complexity index is 553. The molecule has 1 aromatic rings. The Morgan fingerprint density at radius 2 is 1.87 bits per heavy atom. The third-order valence-electron chi connectivity index (χ3n) is 3.51. The number of carbonyl (C=O) groups is 2. The summed E-state index contributed by atoms with van der Waals surface area (Å²) >= 11 is 0. The van der Waals surface area contributed by atoms with Crippen LogP contribution < -0.4 is 0 Å². The lowest BCUT2D eigenvalue weighted by molar-refractivity contribution is -0.145. The molecule has 0 aromatic heterocycles. The molecule has 1 saturated heterocycles. The predicted octanol–water partition coefficient (Wildman–Crippen LogP) is 2.24. The zero-order valence-electron chi connectivity index (χ0n) is 14.1. The van der Waals surface area contributed by atoms with Gasteiger partial charge in [0.15, 0.2) is 0 Å². The molecule has 0 spiro atoms. The smallest absolute Gasteiger partial charge is 0.412 e. The minimum atomic E-state index is -0.640. The summed E-state index contributed by atoms with van der Waals surface area (Å²) in [6.07, 6.45) is -0.497. The zero-order valence-corrected chi connectivity index (χ0v) is 14.1. The van der Waals surface area contributed by atoms with Gasteiger partial charge < -0.3 is 9.47 Å². The number of amides is 1. The molecule has 2 rings (SSSR count). The molecule has 0 aliphatic carbocycles. The van der Waals surface area contributed by atoms with Crippen LogP contribution in [-0.4, -0.2) is 53.8 Å². The van der Waals surface area contributed by atoms with Crippen molar-refractivity contribution < 1.29 is 19.1 Å². The number of benzene rings is 1. The van der Waals surface area contributed by atoms with Crippen LogP contribution in [0.2, 0.25) is 0 Å². The van der Waals surface area contributed by atoms with Crippen molar-refractivity contribution in [2.45, 2.75) is 39.0 Å². The molecular weight excluding hydrogens is 296 g/mol. The molecule has 0 N–H and O–H groups in total. The first-order chi connectivity index (χ1) is 10.8. The summed E-state index contributed by atoms with van der Waals surface area (Å²) in [5.74, 6) is -0.425. The summed E-state index contributed by atoms with van der Waals surface area (Å²) in [5.41, 5.74) is 0.520. The largest absolute Gasteiger partial charge is 0.467 e. The second-order valence-electron chi connectivity index (χ2n) is 6.63. The van der Waals surface area contributed by atoms with E-state index in [4.69, 9.17) is 9.47 Å². The summed E-state index contributed by atoms with van der Waals surface area (Å²) in [4.78, 5) is 27.8. The van der Waals surface area contributed by atoms with E-state index in [1.807, 2.05) is 35.2 Å². The minimum Gasteiger partial charge on any atom is -0.467 e. The van der Waals surface area contributed by atoms with Crippen LogP contribution in [0.5, 0.6) is 0 Å². The molecule has 126 valence electrons. The number of methoxy groups -OCH3 is 1. The molecule has 1 atom stereocenters. The number of hydrogen-bond acceptors (Lipinski definition) is 5. The molecule has 1 heterocycles. The molecule has 1 fully saturated rings. The first-order valence-corrected chi connectivity index (χ1v) is 7.64. The van der Waals surface area contributed by atoms with E-state index in [-0.39, 0.29) is 0 Å². The Labute approximate surface area is 137 Å². The fraction of sp³-hybridized carbons (Fsp3) is 0.529. The van der Waals surface area contributed by atoms with Gasteiger partial charge in [-0.15, -0.1) is 0 Å². The molecule has 1 aliphatic heterocycles. The number of nitrogens with zero attached hydrogens (tertiary/aromatic N) is 2. The van der Waals surface area contributed by atoms with E-state index in [9.17, 15) is 9.59 Å². The van der Waals surface area contributed by atoms with Crippen molar-refractivity contribution in [2.75, 3.05) is 20.3 Å². The fourth-order valence-corrected chi connectivity index (χ4v) is 2.51. The summed E-state index contributed by atoms with van der Waals surface area (Å²) in [5, 5.41) is 0. The van der Waals surface area contributed by atoms with Crippen LogP contribution in [0, 0.1) is 0 Å². The number of hydrogen-bond donors (Lipinski definition) is 0. The van der Waals surface area contributed by atoms with Crippen LogP contribution in [0.15, 0.2) is 30.3 Å². The van der Waals surface area contributed by atoms with Crippen molar-refractivity contribution in [3.63, 3.8) is 0 Å². The van der Waals surface area contributed by atoms with Gasteiger partial charge in [0, 0.05) is 13.1 Å². The molecule has 6 nitrogen and oxygen atoms in total. The number of esters is 1. The monoisotopic (exact) mass is 320 g/mol. The lowest BCUT2D eigenvalue weighted by Gasteiger charge is -2.26. The first-order valence-electron chi connectivity index (χ1n) is 7.64. The molecule has 1 aromatic carbocycles. The number of ether oxygens (including phenoxy) is 2. The van der Waals surface area contributed by atoms with Gasteiger partial charge in [0.1, 0.15) is 11.6 Å². The van der Waals surface area contributed by atoms with Crippen molar-refractivity contribution in [3.05, 3.63) is 35.9 Å². The molecule has 1 amide bonds. The van der Waals surface area contributed by atoms with Crippen molar-refractivity contribution in [1.82, 2.24) is 9.80 Å². The lowest BCUT2D eigenvalue weighted by atomic mass is 10.2. The topological polar surface area (TPSA) is 59.1 Å². The SMILES string of the molecule is COC(=O)[C@@H]1CN(Cc2ccccc2)CN1C(=O)OC(C)(C)C. The van der Waals surface area contributed by atoms with Gasteiger partial charge in [-0.25, -0.2) is 9.59 Å². The quantitative estimate of drug-likeness (QED) is 0.799. The standard InChI is InChI=1S/C17H24N2O4/c1-17(2,3)23-16(21)19-12-18(11-14(19)15(20)22-4)10-13-8-6-5-7-9-13/h5-9,14H,10-12H2,1-4H3/t14-/m0/s1. The van der Waals surface area contributed by atoms with Crippen LogP contribution >= 0.6 is 0 Å². The van der Waals surface area contributed by atoms with E-state index >= 15 is 0 Å². The highest BCUT2D eigenvalue weighted by Gasteiger charge is 2.41. The summed E-state index contributed by atoms with van der Waals surface area (Å²) in [7, 11) is 1.33. The fourth-order valence-electron chi connectivity index (χ4n) is 2.51. The Morgan fingerprint density at radius 3 is 2.43 bits per heavy atom. The Balaban J connectivity index is 2.09. The van der Waals surface area contributed by atoms with Crippen molar-refractivity contribution >= 4 is 12.1 Å². The highest BCUT2D eigenvalue weighted by Crippen LogP contribution is 2.20. The van der Waals surface area contributed by atoms with E-state index in [2.05, 4.69) is 0 Å². The molecule has 0 unspecified atom stereocenters. The maximum atomic E-state index is 12.4. The molecule has 6 heteroatoms. The van der Waals surface area contributed by atoms with Crippen molar-refractivity contribution in [1.29, 1.82) is 0 Å².